The van der Waals surface area contributed by atoms with Gasteiger partial charge in [0, 0.05) is 29.6 Å². The van der Waals surface area contributed by atoms with Crippen LogP contribution in [0.1, 0.15) is 12.5 Å². The zero-order chi connectivity index (χ0) is 17.4. The maximum atomic E-state index is 12.3. The second-order valence-corrected chi connectivity index (χ2v) is 6.82. The molecular weight excluding hydrogens is 383 g/mol. The molecule has 7 heteroatoms. The number of carbonyl (C=O) groups excluding carboxylic acids is 1. The molecule has 4 rings (SSSR count). The number of halogens is 2. The predicted molar refractivity (Wildman–Crippen MR) is 114 cm³/mol. The van der Waals surface area contributed by atoms with Crippen molar-refractivity contribution in [2.75, 3.05) is 18.4 Å². The molecule has 144 valence electrons. The van der Waals surface area contributed by atoms with Gasteiger partial charge in [-0.15, -0.1) is 24.8 Å². The van der Waals surface area contributed by atoms with Gasteiger partial charge in [0.25, 0.3) is 0 Å². The molecule has 1 amide bonds. The summed E-state index contributed by atoms with van der Waals surface area (Å²) < 4.78 is 2.04. The number of aromatic nitrogens is 2. The Bertz CT molecular complexity index is 919. The summed E-state index contributed by atoms with van der Waals surface area (Å²) in [6, 6.07) is 12.0. The van der Waals surface area contributed by atoms with Crippen LogP contribution in [0.2, 0.25) is 0 Å². The highest BCUT2D eigenvalue weighted by Gasteiger charge is 2.28. The van der Waals surface area contributed by atoms with E-state index in [9.17, 15) is 4.79 Å². The number of aryl methyl sites for hydroxylation is 1. The van der Waals surface area contributed by atoms with Gasteiger partial charge in [0.05, 0.1) is 5.69 Å². The zero-order valence-corrected chi connectivity index (χ0v) is 16.9. The van der Waals surface area contributed by atoms with Gasteiger partial charge in [-0.2, -0.15) is 0 Å². The van der Waals surface area contributed by atoms with E-state index < -0.39 is 0 Å². The van der Waals surface area contributed by atoms with Gasteiger partial charge < -0.3 is 15.0 Å². The summed E-state index contributed by atoms with van der Waals surface area (Å²) in [6.07, 6.45) is 4.03. The van der Waals surface area contributed by atoms with Gasteiger partial charge in [-0.05, 0) is 49.7 Å². The van der Waals surface area contributed by atoms with Crippen molar-refractivity contribution in [3.8, 4) is 11.3 Å². The van der Waals surface area contributed by atoms with Gasteiger partial charge in [-0.3, -0.25) is 4.79 Å². The monoisotopic (exact) mass is 406 g/mol. The summed E-state index contributed by atoms with van der Waals surface area (Å²) in [6.45, 7) is 5.92. The molecule has 0 radical (unpaired) electrons. The predicted octanol–water partition coefficient (Wildman–Crippen LogP) is 3.95. The second kappa shape index (κ2) is 8.74. The Labute approximate surface area is 171 Å². The van der Waals surface area contributed by atoms with Gasteiger partial charge in [-0.25, -0.2) is 4.98 Å². The van der Waals surface area contributed by atoms with E-state index in [1.54, 1.807) is 0 Å². The third-order valence-electron chi connectivity index (χ3n) is 5.06. The number of benzene rings is 1. The Kier molecular flexibility index (Phi) is 6.87. The summed E-state index contributed by atoms with van der Waals surface area (Å²) in [5.74, 6) is 0.561. The maximum Gasteiger partial charge on any atom is 0.227 e. The molecule has 1 aromatic carbocycles. The molecule has 1 aliphatic rings. The number of carbonyl (C=O) groups is 1. The van der Waals surface area contributed by atoms with Crippen molar-refractivity contribution in [1.29, 1.82) is 0 Å². The van der Waals surface area contributed by atoms with Crippen LogP contribution < -0.4 is 10.6 Å². The van der Waals surface area contributed by atoms with Crippen LogP contribution in [0.4, 0.5) is 5.69 Å². The minimum absolute atomic E-state index is 0. The van der Waals surface area contributed by atoms with E-state index in [-0.39, 0.29) is 36.6 Å². The molecule has 1 atom stereocenters. The molecule has 1 saturated heterocycles. The fourth-order valence-electron chi connectivity index (χ4n) is 3.15. The molecule has 3 aromatic rings. The molecule has 1 fully saturated rings. The van der Waals surface area contributed by atoms with Crippen LogP contribution in [-0.2, 0) is 4.79 Å². The quantitative estimate of drug-likeness (QED) is 0.689. The third kappa shape index (κ3) is 4.26. The summed E-state index contributed by atoms with van der Waals surface area (Å²) in [7, 11) is 0. The van der Waals surface area contributed by atoms with Crippen molar-refractivity contribution < 1.29 is 4.79 Å². The molecule has 2 aromatic heterocycles. The highest BCUT2D eigenvalue weighted by Crippen LogP contribution is 2.23. The first-order valence-electron chi connectivity index (χ1n) is 8.68. The Hall–Kier alpha value is -2.08. The summed E-state index contributed by atoms with van der Waals surface area (Å²) in [4.78, 5) is 17.0. The fourth-order valence-corrected chi connectivity index (χ4v) is 3.15. The van der Waals surface area contributed by atoms with E-state index >= 15 is 0 Å². The highest BCUT2D eigenvalue weighted by atomic mass is 35.5. The number of fused-ring (bicyclic) bond motifs is 1. The van der Waals surface area contributed by atoms with Gasteiger partial charge >= 0.3 is 0 Å². The number of pyridine rings is 1. The van der Waals surface area contributed by atoms with Crippen LogP contribution in [0, 0.1) is 18.8 Å². The largest absolute Gasteiger partial charge is 0.326 e. The molecule has 0 spiro atoms. The molecule has 0 saturated carbocycles. The lowest BCUT2D eigenvalue weighted by Gasteiger charge is -2.31. The third-order valence-corrected chi connectivity index (χ3v) is 5.06. The molecule has 1 aliphatic heterocycles. The summed E-state index contributed by atoms with van der Waals surface area (Å²) in [5, 5.41) is 6.23. The number of hydrogen-bond acceptors (Lipinski definition) is 3. The van der Waals surface area contributed by atoms with E-state index in [1.807, 2.05) is 54.0 Å². The fraction of sp³-hybridized carbons (Fsp3) is 0.300. The Balaban J connectivity index is 0.00000131. The number of imidazole rings is 1. The van der Waals surface area contributed by atoms with Crippen LogP contribution in [0.3, 0.4) is 0 Å². The lowest BCUT2D eigenvalue weighted by atomic mass is 9.88. The second-order valence-electron chi connectivity index (χ2n) is 6.82. The Morgan fingerprint density at radius 2 is 1.93 bits per heavy atom. The van der Waals surface area contributed by atoms with Crippen LogP contribution >= 0.6 is 24.8 Å². The average Bonchev–Trinajstić information content (AvgIpc) is 2.99. The van der Waals surface area contributed by atoms with E-state index in [0.29, 0.717) is 5.92 Å². The number of rotatable bonds is 4. The molecule has 0 bridgehead atoms. The Morgan fingerprint density at radius 3 is 2.52 bits per heavy atom. The molecule has 0 aliphatic carbocycles. The summed E-state index contributed by atoms with van der Waals surface area (Å²) in [5.41, 5.74) is 4.92. The minimum Gasteiger partial charge on any atom is -0.326 e. The standard InChI is InChI=1S/C20H22N4O.2ClH/c1-13-4-3-9-24-12-18(23-19(13)24)15-5-7-17(8-6-15)22-20(25)14(2)16-10-21-11-16;;/h3-9,12,14,16,21H,10-11H2,1-2H3,(H,22,25);2*1H. The molecule has 2 N–H and O–H groups in total. The lowest BCUT2D eigenvalue weighted by Crippen LogP contribution is -2.48. The molecule has 27 heavy (non-hydrogen) atoms. The number of nitrogens with one attached hydrogen (secondary N) is 2. The van der Waals surface area contributed by atoms with Crippen LogP contribution in [0.15, 0.2) is 48.8 Å². The maximum absolute atomic E-state index is 12.3. The normalized spacial score (nSPS) is 14.6. The van der Waals surface area contributed by atoms with Crippen molar-refractivity contribution in [3.63, 3.8) is 0 Å². The molecule has 5 nitrogen and oxygen atoms in total. The van der Waals surface area contributed by atoms with Crippen molar-refractivity contribution in [3.05, 3.63) is 54.4 Å². The van der Waals surface area contributed by atoms with Crippen molar-refractivity contribution in [2.45, 2.75) is 13.8 Å². The topological polar surface area (TPSA) is 58.4 Å². The first-order chi connectivity index (χ1) is 12.1. The van der Waals surface area contributed by atoms with E-state index in [1.165, 1.54) is 0 Å². The number of amides is 1. The number of anilines is 1. The van der Waals surface area contributed by atoms with Crippen LogP contribution in [-0.4, -0.2) is 28.4 Å². The van der Waals surface area contributed by atoms with Gasteiger partial charge in [-0.1, -0.05) is 25.1 Å². The van der Waals surface area contributed by atoms with E-state index in [2.05, 4.69) is 23.6 Å². The molecule has 3 heterocycles. The average molecular weight is 407 g/mol. The van der Waals surface area contributed by atoms with Crippen LogP contribution in [0.25, 0.3) is 16.9 Å². The summed E-state index contributed by atoms with van der Waals surface area (Å²) >= 11 is 0. The van der Waals surface area contributed by atoms with E-state index in [0.717, 1.165) is 41.2 Å². The van der Waals surface area contributed by atoms with Crippen molar-refractivity contribution in [2.24, 2.45) is 11.8 Å². The highest BCUT2D eigenvalue weighted by molar-refractivity contribution is 5.92. The molecular formula is C20H24Cl2N4O. The Morgan fingerprint density at radius 1 is 1.22 bits per heavy atom. The van der Waals surface area contributed by atoms with Crippen molar-refractivity contribution in [1.82, 2.24) is 14.7 Å². The smallest absolute Gasteiger partial charge is 0.227 e. The number of hydrogen-bond donors (Lipinski definition) is 2. The van der Waals surface area contributed by atoms with Gasteiger partial charge in [0.15, 0.2) is 0 Å². The zero-order valence-electron chi connectivity index (χ0n) is 15.3. The first kappa shape index (κ1) is 21.2. The number of nitrogens with zero attached hydrogens (tertiary/aromatic N) is 2. The molecule has 1 unspecified atom stereocenters. The first-order valence-corrected chi connectivity index (χ1v) is 8.68. The van der Waals surface area contributed by atoms with Crippen LogP contribution in [0.5, 0.6) is 0 Å². The van der Waals surface area contributed by atoms with Gasteiger partial charge in [0.2, 0.25) is 5.91 Å². The van der Waals surface area contributed by atoms with Crippen molar-refractivity contribution >= 4 is 42.1 Å². The lowest BCUT2D eigenvalue weighted by molar-refractivity contribution is -0.121. The minimum atomic E-state index is 0. The van der Waals surface area contributed by atoms with Gasteiger partial charge in [0.1, 0.15) is 5.65 Å². The SMILES string of the molecule is Cc1cccn2cc(-c3ccc(NC(=O)C(C)C4CNC4)cc3)nc12.Cl.Cl. The van der Waals surface area contributed by atoms with E-state index in [4.69, 9.17) is 4.98 Å².